The quantitative estimate of drug-likeness (QED) is 0.839. The van der Waals surface area contributed by atoms with Gasteiger partial charge in [-0.1, -0.05) is 11.6 Å². The zero-order valence-electron chi connectivity index (χ0n) is 16.7. The number of anilines is 1. The number of halogens is 1. The molecule has 1 N–H and O–H groups in total. The molecule has 8 nitrogen and oxygen atoms in total. The number of nitrogens with one attached hydrogen (secondary N) is 1. The minimum atomic E-state index is -0.497. The lowest BCUT2D eigenvalue weighted by Crippen LogP contribution is -2.44. The van der Waals surface area contributed by atoms with Crippen molar-refractivity contribution in [3.8, 4) is 0 Å². The Hall–Kier alpha value is -2.35. The normalized spacial score (nSPS) is 15.7. The number of rotatable bonds is 3. The Labute approximate surface area is 168 Å². The van der Waals surface area contributed by atoms with Gasteiger partial charge in [-0.3, -0.25) is 9.36 Å². The lowest BCUT2D eigenvalue weighted by atomic mass is 10.1. The summed E-state index contributed by atoms with van der Waals surface area (Å²) in [5, 5.41) is 4.20. The molecule has 0 aliphatic carbocycles. The van der Waals surface area contributed by atoms with E-state index in [0.29, 0.717) is 31.2 Å². The molecule has 1 amide bonds. The predicted octanol–water partition coefficient (Wildman–Crippen LogP) is 3.28. The molecule has 9 heteroatoms. The van der Waals surface area contributed by atoms with Crippen molar-refractivity contribution >= 4 is 34.7 Å². The minimum Gasteiger partial charge on any atom is -0.444 e. The number of carbonyl (C=O) groups excluding carboxylic acids is 1. The van der Waals surface area contributed by atoms with Crippen molar-refractivity contribution in [1.29, 1.82) is 0 Å². The van der Waals surface area contributed by atoms with Crippen molar-refractivity contribution in [1.82, 2.24) is 19.4 Å². The maximum Gasteiger partial charge on any atom is 0.410 e. The van der Waals surface area contributed by atoms with Gasteiger partial charge in [0.25, 0.3) is 5.56 Å². The van der Waals surface area contributed by atoms with Crippen LogP contribution in [-0.2, 0) is 11.3 Å². The molecule has 0 atom stereocenters. The lowest BCUT2D eigenvalue weighted by molar-refractivity contribution is 0.0210. The molecule has 1 fully saturated rings. The number of amides is 1. The topological polar surface area (TPSA) is 89.4 Å². The third-order valence-corrected chi connectivity index (χ3v) is 4.85. The van der Waals surface area contributed by atoms with Crippen LogP contribution >= 0.6 is 11.6 Å². The molecular weight excluding hydrogens is 382 g/mol. The van der Waals surface area contributed by atoms with Gasteiger partial charge in [0.15, 0.2) is 0 Å². The van der Waals surface area contributed by atoms with E-state index in [9.17, 15) is 9.59 Å². The maximum atomic E-state index is 12.2. The number of aryl methyl sites for hydroxylation is 1. The Morgan fingerprint density at radius 1 is 1.36 bits per heavy atom. The van der Waals surface area contributed by atoms with Gasteiger partial charge in [-0.05, 0) is 46.6 Å². The first-order chi connectivity index (χ1) is 13.2. The van der Waals surface area contributed by atoms with Crippen molar-refractivity contribution < 1.29 is 9.53 Å². The molecular formula is C19H26ClN5O3. The highest BCUT2D eigenvalue weighted by Crippen LogP contribution is 2.19. The van der Waals surface area contributed by atoms with E-state index in [1.165, 1.54) is 4.57 Å². The summed E-state index contributed by atoms with van der Waals surface area (Å²) in [6.07, 6.45) is 2.92. The van der Waals surface area contributed by atoms with Gasteiger partial charge in [0.05, 0.1) is 0 Å². The third-order valence-electron chi connectivity index (χ3n) is 4.58. The molecule has 1 aliphatic rings. The number of likely N-dealkylation sites (tertiary alicyclic amines) is 1. The first-order valence-electron chi connectivity index (χ1n) is 9.48. The molecule has 1 aliphatic heterocycles. The van der Waals surface area contributed by atoms with Gasteiger partial charge < -0.3 is 15.0 Å². The number of hydrogen-bond acceptors (Lipinski definition) is 6. The highest BCUT2D eigenvalue weighted by Gasteiger charge is 2.27. The van der Waals surface area contributed by atoms with E-state index >= 15 is 0 Å². The average Bonchev–Trinajstić information content (AvgIpc) is 2.62. The summed E-state index contributed by atoms with van der Waals surface area (Å²) in [5.41, 5.74) is -0.198. The Bertz CT molecular complexity index is 930. The second-order valence-electron chi connectivity index (χ2n) is 7.90. The number of ether oxygens (including phenoxy) is 1. The SMILES string of the molecule is CCn1c(=O)c(Cl)cc2cnc(NC3CCN(C(=O)OC(C)(C)C)CC3)nc21. The van der Waals surface area contributed by atoms with Crippen molar-refractivity contribution in [2.45, 2.75) is 58.7 Å². The highest BCUT2D eigenvalue weighted by molar-refractivity contribution is 6.31. The van der Waals surface area contributed by atoms with Gasteiger partial charge >= 0.3 is 6.09 Å². The monoisotopic (exact) mass is 407 g/mol. The number of aromatic nitrogens is 3. The van der Waals surface area contributed by atoms with Gasteiger partial charge in [0, 0.05) is 37.3 Å². The van der Waals surface area contributed by atoms with E-state index in [1.54, 1.807) is 17.2 Å². The van der Waals surface area contributed by atoms with Crippen molar-refractivity contribution in [2.24, 2.45) is 0 Å². The van der Waals surface area contributed by atoms with Crippen LogP contribution in [0.15, 0.2) is 17.1 Å². The second kappa shape index (κ2) is 7.95. The van der Waals surface area contributed by atoms with Crippen LogP contribution in [0.2, 0.25) is 5.02 Å². The second-order valence-corrected chi connectivity index (χ2v) is 8.31. The predicted molar refractivity (Wildman–Crippen MR) is 109 cm³/mol. The van der Waals surface area contributed by atoms with Crippen LogP contribution < -0.4 is 10.9 Å². The van der Waals surface area contributed by atoms with Crippen LogP contribution in [0, 0.1) is 0 Å². The van der Waals surface area contributed by atoms with E-state index in [0.717, 1.165) is 18.2 Å². The Morgan fingerprint density at radius 2 is 2.04 bits per heavy atom. The van der Waals surface area contributed by atoms with Gasteiger partial charge in [0.1, 0.15) is 16.3 Å². The first-order valence-corrected chi connectivity index (χ1v) is 9.86. The van der Waals surface area contributed by atoms with Crippen LogP contribution in [-0.4, -0.2) is 50.3 Å². The Balaban J connectivity index is 1.68. The molecule has 3 heterocycles. The van der Waals surface area contributed by atoms with Crippen LogP contribution in [0.5, 0.6) is 0 Å². The largest absolute Gasteiger partial charge is 0.444 e. The zero-order chi connectivity index (χ0) is 20.5. The van der Waals surface area contributed by atoms with E-state index in [4.69, 9.17) is 16.3 Å². The Kier molecular flexibility index (Phi) is 5.79. The summed E-state index contributed by atoms with van der Waals surface area (Å²) >= 11 is 6.00. The number of hydrogen-bond donors (Lipinski definition) is 1. The zero-order valence-corrected chi connectivity index (χ0v) is 17.4. The molecule has 0 saturated carbocycles. The smallest absolute Gasteiger partial charge is 0.410 e. The van der Waals surface area contributed by atoms with Crippen molar-refractivity contribution in [3.05, 3.63) is 27.6 Å². The van der Waals surface area contributed by atoms with Gasteiger partial charge in [-0.15, -0.1) is 0 Å². The van der Waals surface area contributed by atoms with Crippen LogP contribution in [0.1, 0.15) is 40.5 Å². The third kappa shape index (κ3) is 4.55. The van der Waals surface area contributed by atoms with Crippen molar-refractivity contribution in [3.63, 3.8) is 0 Å². The summed E-state index contributed by atoms with van der Waals surface area (Å²) in [6, 6.07) is 1.74. The number of pyridine rings is 1. The van der Waals surface area contributed by atoms with Crippen LogP contribution in [0.3, 0.4) is 0 Å². The molecule has 28 heavy (non-hydrogen) atoms. The van der Waals surface area contributed by atoms with Gasteiger partial charge in [0.2, 0.25) is 5.95 Å². The summed E-state index contributed by atoms with van der Waals surface area (Å²) in [5.74, 6) is 0.465. The van der Waals surface area contributed by atoms with E-state index in [2.05, 4.69) is 15.3 Å². The molecule has 0 aromatic carbocycles. The number of piperidine rings is 1. The first kappa shape index (κ1) is 20.4. The summed E-state index contributed by atoms with van der Waals surface area (Å²) in [6.45, 7) is 9.14. The number of carbonyl (C=O) groups is 1. The standard InChI is InChI=1S/C19H26ClN5O3/c1-5-25-15-12(10-14(20)16(25)26)11-21-17(23-15)22-13-6-8-24(9-7-13)18(27)28-19(2,3)4/h10-11,13H,5-9H2,1-4H3,(H,21,22,23). The lowest BCUT2D eigenvalue weighted by Gasteiger charge is -2.33. The fourth-order valence-electron chi connectivity index (χ4n) is 3.20. The molecule has 2 aromatic heterocycles. The van der Waals surface area contributed by atoms with E-state index in [-0.39, 0.29) is 22.7 Å². The fourth-order valence-corrected chi connectivity index (χ4v) is 3.42. The maximum absolute atomic E-state index is 12.2. The molecule has 0 bridgehead atoms. The van der Waals surface area contributed by atoms with Crippen molar-refractivity contribution in [2.75, 3.05) is 18.4 Å². The molecule has 2 aromatic rings. The van der Waals surface area contributed by atoms with Crippen LogP contribution in [0.25, 0.3) is 11.0 Å². The highest BCUT2D eigenvalue weighted by atomic mass is 35.5. The van der Waals surface area contributed by atoms with Gasteiger partial charge in [-0.2, -0.15) is 4.98 Å². The molecule has 152 valence electrons. The molecule has 3 rings (SSSR count). The average molecular weight is 408 g/mol. The fraction of sp³-hybridized carbons (Fsp3) is 0.579. The summed E-state index contributed by atoms with van der Waals surface area (Å²) < 4.78 is 6.96. The van der Waals surface area contributed by atoms with Gasteiger partial charge in [-0.25, -0.2) is 9.78 Å². The van der Waals surface area contributed by atoms with E-state index < -0.39 is 5.60 Å². The molecule has 0 spiro atoms. The Morgan fingerprint density at radius 3 is 2.64 bits per heavy atom. The minimum absolute atomic E-state index is 0.144. The van der Waals surface area contributed by atoms with E-state index in [1.807, 2.05) is 27.7 Å². The van der Waals surface area contributed by atoms with Crippen LogP contribution in [0.4, 0.5) is 10.7 Å². The number of nitrogens with zero attached hydrogens (tertiary/aromatic N) is 4. The summed E-state index contributed by atoms with van der Waals surface area (Å²) in [4.78, 5) is 35.0. The molecule has 0 unspecified atom stereocenters. The number of fused-ring (bicyclic) bond motifs is 1. The molecule has 0 radical (unpaired) electrons. The molecule has 1 saturated heterocycles. The summed E-state index contributed by atoms with van der Waals surface area (Å²) in [7, 11) is 0.